The molecule has 1 aliphatic heterocycles. The number of hydrogen-bond acceptors (Lipinski definition) is 7. The molecule has 182 valence electrons. The molecule has 0 radical (unpaired) electrons. The summed E-state index contributed by atoms with van der Waals surface area (Å²) in [5, 5.41) is 2.91. The van der Waals surface area contributed by atoms with Crippen LogP contribution in [-0.4, -0.2) is 59.7 Å². The predicted octanol–water partition coefficient (Wildman–Crippen LogP) is 4.50. The molecule has 0 bridgehead atoms. The maximum Gasteiger partial charge on any atom is 0.339 e. The number of anilines is 2. The van der Waals surface area contributed by atoms with Crippen LogP contribution >= 0.6 is 0 Å². The Bertz CT molecular complexity index is 1130. The van der Waals surface area contributed by atoms with Crippen molar-refractivity contribution in [2.45, 2.75) is 20.3 Å². The Morgan fingerprint density at radius 3 is 2.46 bits per heavy atom. The van der Waals surface area contributed by atoms with Crippen LogP contribution in [0.15, 0.2) is 60.9 Å². The van der Waals surface area contributed by atoms with Gasteiger partial charge < -0.3 is 24.6 Å². The minimum atomic E-state index is -0.380. The minimum absolute atomic E-state index is 0.175. The van der Waals surface area contributed by atoms with Crippen LogP contribution in [0.2, 0.25) is 0 Å². The van der Waals surface area contributed by atoms with Crippen molar-refractivity contribution in [3.8, 4) is 11.6 Å². The number of amides is 2. The molecule has 1 aromatic carbocycles. The van der Waals surface area contributed by atoms with E-state index < -0.39 is 0 Å². The molecule has 0 spiro atoms. The second-order valence-electron chi connectivity index (χ2n) is 8.18. The van der Waals surface area contributed by atoms with E-state index in [-0.39, 0.29) is 12.0 Å². The third kappa shape index (κ3) is 6.47. The molecule has 35 heavy (non-hydrogen) atoms. The van der Waals surface area contributed by atoms with Crippen molar-refractivity contribution in [1.29, 1.82) is 0 Å². The molecule has 3 heterocycles. The Hall–Kier alpha value is -4.14. The summed E-state index contributed by atoms with van der Waals surface area (Å²) < 4.78 is 10.7. The third-order valence-electron chi connectivity index (χ3n) is 5.60. The van der Waals surface area contributed by atoms with E-state index in [1.165, 1.54) is 6.20 Å². The van der Waals surface area contributed by atoms with Gasteiger partial charge in [-0.15, -0.1) is 0 Å². The zero-order chi connectivity index (χ0) is 24.6. The van der Waals surface area contributed by atoms with Crippen molar-refractivity contribution in [3.05, 3.63) is 72.1 Å². The Balaban J connectivity index is 1.29. The van der Waals surface area contributed by atoms with Gasteiger partial charge in [0.2, 0.25) is 5.88 Å². The Morgan fingerprint density at radius 1 is 0.943 bits per heavy atom. The highest BCUT2D eigenvalue weighted by Crippen LogP contribution is 2.21. The number of aryl methyl sites for hydroxylation is 1. The zero-order valence-electron chi connectivity index (χ0n) is 19.9. The fraction of sp³-hybridized carbons (Fsp3) is 0.308. The van der Waals surface area contributed by atoms with E-state index in [0.29, 0.717) is 49.1 Å². The number of rotatable bonds is 6. The highest BCUT2D eigenvalue weighted by molar-refractivity contribution is 5.89. The topological polar surface area (TPSA) is 96.9 Å². The van der Waals surface area contributed by atoms with Gasteiger partial charge in [0.15, 0.2) is 0 Å². The molecule has 0 atom stereocenters. The average Bonchev–Trinajstić information content (AvgIpc) is 3.13. The Kier molecular flexibility index (Phi) is 7.77. The summed E-state index contributed by atoms with van der Waals surface area (Å²) in [6, 6.07) is 14.6. The van der Waals surface area contributed by atoms with Gasteiger partial charge in [-0.05, 0) is 50.6 Å². The lowest BCUT2D eigenvalue weighted by Gasteiger charge is -2.23. The quantitative estimate of drug-likeness (QED) is 0.524. The standard InChI is InChI=1S/C26H29N5O4/c1-3-34-25(32)20-7-11-23(27-17-20)30-13-4-14-31(16-15-30)26(33)29-21-8-12-24(28-18-21)35-22-9-5-19(2)6-10-22/h5-12,17-18H,3-4,13-16H2,1-2H3,(H,29,33). The van der Waals surface area contributed by atoms with Crippen LogP contribution in [0, 0.1) is 6.92 Å². The van der Waals surface area contributed by atoms with Crippen LogP contribution in [-0.2, 0) is 4.74 Å². The molecule has 4 rings (SSSR count). The summed E-state index contributed by atoms with van der Waals surface area (Å²) >= 11 is 0. The van der Waals surface area contributed by atoms with Gasteiger partial charge in [-0.25, -0.2) is 19.6 Å². The second-order valence-corrected chi connectivity index (χ2v) is 8.18. The van der Waals surface area contributed by atoms with E-state index in [9.17, 15) is 9.59 Å². The number of carbonyl (C=O) groups excluding carboxylic acids is 2. The number of ether oxygens (including phenoxy) is 2. The molecule has 9 nitrogen and oxygen atoms in total. The first kappa shape index (κ1) is 24.0. The van der Waals surface area contributed by atoms with Gasteiger partial charge in [-0.3, -0.25) is 0 Å². The van der Waals surface area contributed by atoms with Crippen molar-refractivity contribution in [2.75, 3.05) is 43.0 Å². The van der Waals surface area contributed by atoms with Crippen molar-refractivity contribution in [3.63, 3.8) is 0 Å². The van der Waals surface area contributed by atoms with Gasteiger partial charge >= 0.3 is 12.0 Å². The molecule has 0 saturated carbocycles. The number of hydrogen-bond donors (Lipinski definition) is 1. The van der Waals surface area contributed by atoms with Crippen LogP contribution in [0.25, 0.3) is 0 Å². The van der Waals surface area contributed by atoms with Gasteiger partial charge in [0.1, 0.15) is 11.6 Å². The van der Waals surface area contributed by atoms with Gasteiger partial charge in [-0.1, -0.05) is 17.7 Å². The maximum absolute atomic E-state index is 12.8. The van der Waals surface area contributed by atoms with E-state index in [1.807, 2.05) is 37.3 Å². The van der Waals surface area contributed by atoms with E-state index >= 15 is 0 Å². The monoisotopic (exact) mass is 475 g/mol. The van der Waals surface area contributed by atoms with Crippen LogP contribution in [0.4, 0.5) is 16.3 Å². The Morgan fingerprint density at radius 2 is 1.77 bits per heavy atom. The largest absolute Gasteiger partial charge is 0.462 e. The summed E-state index contributed by atoms with van der Waals surface area (Å²) in [4.78, 5) is 37.2. The number of carbonyl (C=O) groups is 2. The van der Waals surface area contributed by atoms with E-state index in [0.717, 1.165) is 24.3 Å². The normalized spacial score (nSPS) is 13.7. The summed E-state index contributed by atoms with van der Waals surface area (Å²) in [5.74, 6) is 1.56. The molecular weight excluding hydrogens is 446 g/mol. The zero-order valence-corrected chi connectivity index (χ0v) is 19.9. The number of pyridine rings is 2. The number of urea groups is 1. The van der Waals surface area contributed by atoms with Gasteiger partial charge in [0.05, 0.1) is 24.1 Å². The third-order valence-corrected chi connectivity index (χ3v) is 5.60. The number of benzene rings is 1. The fourth-order valence-electron chi connectivity index (χ4n) is 3.70. The van der Waals surface area contributed by atoms with Crippen molar-refractivity contribution < 1.29 is 19.1 Å². The van der Waals surface area contributed by atoms with Crippen molar-refractivity contribution in [2.24, 2.45) is 0 Å². The molecule has 3 aromatic rings. The van der Waals surface area contributed by atoms with Crippen molar-refractivity contribution in [1.82, 2.24) is 14.9 Å². The van der Waals surface area contributed by atoms with E-state index in [4.69, 9.17) is 9.47 Å². The molecular formula is C26H29N5O4. The first-order valence-corrected chi connectivity index (χ1v) is 11.7. The minimum Gasteiger partial charge on any atom is -0.462 e. The summed E-state index contributed by atoms with van der Waals surface area (Å²) in [6.45, 7) is 6.70. The SMILES string of the molecule is CCOC(=O)c1ccc(N2CCCN(C(=O)Nc3ccc(Oc4ccc(C)cc4)nc3)CC2)nc1. The summed E-state index contributed by atoms with van der Waals surface area (Å²) in [6.07, 6.45) is 3.92. The van der Waals surface area contributed by atoms with E-state index in [1.54, 1.807) is 36.2 Å². The number of aromatic nitrogens is 2. The molecule has 2 amide bonds. The molecule has 0 aliphatic carbocycles. The molecule has 1 aliphatic rings. The first-order chi connectivity index (χ1) is 17.0. The van der Waals surface area contributed by atoms with Crippen LogP contribution in [0.3, 0.4) is 0 Å². The van der Waals surface area contributed by atoms with Crippen LogP contribution in [0.1, 0.15) is 29.3 Å². The van der Waals surface area contributed by atoms with Crippen molar-refractivity contribution >= 4 is 23.5 Å². The number of nitrogens with zero attached hydrogens (tertiary/aromatic N) is 4. The van der Waals surface area contributed by atoms with Crippen LogP contribution in [0.5, 0.6) is 11.6 Å². The molecule has 1 saturated heterocycles. The lowest BCUT2D eigenvalue weighted by atomic mass is 10.2. The first-order valence-electron chi connectivity index (χ1n) is 11.7. The number of esters is 1. The summed E-state index contributed by atoms with van der Waals surface area (Å²) in [7, 11) is 0. The second kappa shape index (κ2) is 11.3. The lowest BCUT2D eigenvalue weighted by Crippen LogP contribution is -2.38. The molecule has 9 heteroatoms. The fourth-order valence-corrected chi connectivity index (χ4v) is 3.70. The van der Waals surface area contributed by atoms with Crippen LogP contribution < -0.4 is 15.0 Å². The molecule has 1 N–H and O–H groups in total. The van der Waals surface area contributed by atoms with Gasteiger partial charge in [-0.2, -0.15) is 0 Å². The van der Waals surface area contributed by atoms with Gasteiger partial charge in [0, 0.05) is 38.4 Å². The smallest absolute Gasteiger partial charge is 0.339 e. The predicted molar refractivity (Wildman–Crippen MR) is 133 cm³/mol. The maximum atomic E-state index is 12.8. The number of nitrogens with one attached hydrogen (secondary N) is 1. The van der Waals surface area contributed by atoms with E-state index in [2.05, 4.69) is 20.2 Å². The molecule has 2 aromatic heterocycles. The highest BCUT2D eigenvalue weighted by atomic mass is 16.5. The van der Waals surface area contributed by atoms with Gasteiger partial charge in [0.25, 0.3) is 0 Å². The molecule has 1 fully saturated rings. The highest BCUT2D eigenvalue weighted by Gasteiger charge is 2.20. The summed E-state index contributed by atoms with van der Waals surface area (Å²) in [5.41, 5.74) is 2.18. The Labute approximate surface area is 204 Å². The average molecular weight is 476 g/mol. The lowest BCUT2D eigenvalue weighted by molar-refractivity contribution is 0.0526. The molecule has 0 unspecified atom stereocenters.